The van der Waals surface area contributed by atoms with E-state index >= 15 is 0 Å². The molecule has 1 amide bonds. The molecule has 4 fully saturated rings. The number of aliphatic hydroxyl groups is 1. The maximum Gasteiger partial charge on any atom is 0.232 e. The Morgan fingerprint density at radius 3 is 2.14 bits per heavy atom. The number of carbonyl (C=O) groups is 1. The van der Waals surface area contributed by atoms with E-state index < -0.39 is 0 Å². The Labute approximate surface area is 105 Å². The third-order valence-electron chi connectivity index (χ3n) is 1.69. The van der Waals surface area contributed by atoms with Crippen LogP contribution in [0, 0.1) is 0 Å². The summed E-state index contributed by atoms with van der Waals surface area (Å²) in [5, 5.41) is 11.5. The summed E-state index contributed by atoms with van der Waals surface area (Å²) in [6, 6.07) is 0. The summed E-state index contributed by atoms with van der Waals surface area (Å²) in [5.74, 6) is 0.812. The van der Waals surface area contributed by atoms with Crippen LogP contribution in [-0.2, 0) is 4.79 Å². The van der Waals surface area contributed by atoms with Gasteiger partial charge in [-0.15, -0.1) is 11.8 Å². The number of carbonyl (C=O) groups excluding carboxylic acids is 1. The van der Waals surface area contributed by atoms with Crippen LogP contribution >= 0.6 is 66.7 Å². The number of nitrogens with one attached hydrogen (secondary N) is 1. The number of hydrogen-bond acceptors (Lipinski definition) is 8. The van der Waals surface area contributed by atoms with Crippen molar-refractivity contribution in [1.82, 2.24) is 5.32 Å². The van der Waals surface area contributed by atoms with Crippen molar-refractivity contribution in [3.63, 3.8) is 0 Å². The molecule has 4 aliphatic rings. The van der Waals surface area contributed by atoms with Crippen molar-refractivity contribution >= 4 is 72.6 Å². The van der Waals surface area contributed by atoms with Gasteiger partial charge in [0, 0.05) is 0 Å². The number of aliphatic hydroxyl groups excluding tert-OH is 1. The minimum absolute atomic E-state index is 0.0486. The Morgan fingerprint density at radius 2 is 2.00 bits per heavy atom. The average molecular weight is 304 g/mol. The maximum atomic E-state index is 10.5. The topological polar surface area (TPSA) is 49.3 Å². The molecule has 2 N–H and O–H groups in total. The molecule has 9 heteroatoms. The summed E-state index contributed by atoms with van der Waals surface area (Å²) in [7, 11) is 7.01. The van der Waals surface area contributed by atoms with Gasteiger partial charge < -0.3 is 10.4 Å². The molecular formula is C5H5NO2S6. The molecule has 0 bridgehead atoms. The highest BCUT2D eigenvalue weighted by atomic mass is 33.2. The van der Waals surface area contributed by atoms with Gasteiger partial charge in [0.15, 0.2) is 3.41 Å². The van der Waals surface area contributed by atoms with Gasteiger partial charge in [0.1, 0.15) is 5.44 Å². The van der Waals surface area contributed by atoms with Crippen LogP contribution in [0.5, 0.6) is 0 Å². The standard InChI is InChI=1S/C3H3NOS3.C2H2OS3/c5-2-1-6-3(4-2)7-8-3;3-1-2(4-1)5-6-2/h1H2,(H,4,5);1,3H. The number of hydrogen-bond donors (Lipinski definition) is 2. The molecule has 4 rings (SSSR count). The van der Waals surface area contributed by atoms with Crippen LogP contribution in [0.3, 0.4) is 0 Å². The van der Waals surface area contributed by atoms with Crippen molar-refractivity contribution in [2.24, 2.45) is 0 Å². The first-order valence-corrected chi connectivity index (χ1v) is 9.85. The minimum Gasteiger partial charge on any atom is -0.379 e. The fourth-order valence-corrected chi connectivity index (χ4v) is 7.98. The molecule has 2 spiro atoms. The SMILES string of the molecule is O=C1CSC2(N1)SS2.OC1SC12SS2. The lowest BCUT2D eigenvalue weighted by Gasteiger charge is -1.95. The van der Waals surface area contributed by atoms with E-state index in [1.54, 1.807) is 66.7 Å². The largest absolute Gasteiger partial charge is 0.379 e. The smallest absolute Gasteiger partial charge is 0.232 e. The summed E-state index contributed by atoms with van der Waals surface area (Å²) in [5.41, 5.74) is -0.0486. The molecule has 4 heterocycles. The molecule has 14 heavy (non-hydrogen) atoms. The molecule has 0 saturated carbocycles. The van der Waals surface area contributed by atoms with Crippen molar-refractivity contribution in [2.75, 3.05) is 5.75 Å². The number of amides is 1. The molecular weight excluding hydrogens is 298 g/mol. The second-order valence-electron chi connectivity index (χ2n) is 2.80. The average Bonchev–Trinajstić information content (AvgIpc) is 3.01. The molecule has 1 unspecified atom stereocenters. The number of thioether (sulfide) groups is 2. The number of rotatable bonds is 0. The van der Waals surface area contributed by atoms with Crippen LogP contribution in [0.4, 0.5) is 0 Å². The van der Waals surface area contributed by atoms with Gasteiger partial charge in [0.25, 0.3) is 0 Å². The highest BCUT2D eigenvalue weighted by Gasteiger charge is 2.68. The summed E-state index contributed by atoms with van der Waals surface area (Å²) in [6.07, 6.45) is 0. The van der Waals surface area contributed by atoms with Crippen LogP contribution < -0.4 is 5.32 Å². The van der Waals surface area contributed by atoms with Gasteiger partial charge in [-0.25, -0.2) is 0 Å². The van der Waals surface area contributed by atoms with Gasteiger partial charge in [-0.05, 0) is 21.6 Å². The van der Waals surface area contributed by atoms with E-state index in [1.165, 1.54) is 0 Å². The quantitative estimate of drug-likeness (QED) is 0.520. The molecule has 0 aromatic rings. The Bertz CT molecular complexity index is 290. The van der Waals surface area contributed by atoms with Gasteiger partial charge in [0.05, 0.1) is 5.75 Å². The Kier molecular flexibility index (Phi) is 2.67. The first kappa shape index (κ1) is 10.7. The van der Waals surface area contributed by atoms with Crippen molar-refractivity contribution in [2.45, 2.75) is 12.4 Å². The lowest BCUT2D eigenvalue weighted by Crippen LogP contribution is -2.23. The first-order chi connectivity index (χ1) is 6.64. The Morgan fingerprint density at radius 1 is 1.36 bits per heavy atom. The molecule has 3 nitrogen and oxygen atoms in total. The Hall–Kier alpha value is 1.53. The molecule has 78 valence electrons. The molecule has 1 atom stereocenters. The van der Waals surface area contributed by atoms with Crippen molar-refractivity contribution < 1.29 is 9.90 Å². The van der Waals surface area contributed by atoms with Crippen LogP contribution in [0.15, 0.2) is 0 Å². The van der Waals surface area contributed by atoms with Crippen LogP contribution in [0.1, 0.15) is 0 Å². The van der Waals surface area contributed by atoms with Gasteiger partial charge in [-0.1, -0.05) is 33.3 Å². The monoisotopic (exact) mass is 303 g/mol. The van der Waals surface area contributed by atoms with E-state index in [1.807, 2.05) is 0 Å². The van der Waals surface area contributed by atoms with Crippen molar-refractivity contribution in [3.05, 3.63) is 0 Å². The van der Waals surface area contributed by atoms with E-state index in [0.717, 1.165) is 0 Å². The summed E-state index contributed by atoms with van der Waals surface area (Å²) >= 11 is 3.33. The predicted molar refractivity (Wildman–Crippen MR) is 70.0 cm³/mol. The maximum absolute atomic E-state index is 10.5. The molecule has 0 radical (unpaired) electrons. The lowest BCUT2D eigenvalue weighted by atomic mass is 10.7. The molecule has 0 aromatic carbocycles. The highest BCUT2D eigenvalue weighted by Crippen LogP contribution is 2.85. The first-order valence-electron chi connectivity index (χ1n) is 3.69. The molecule has 4 saturated heterocycles. The van der Waals surface area contributed by atoms with Gasteiger partial charge in [-0.2, -0.15) is 0 Å². The second-order valence-corrected chi connectivity index (χ2v) is 12.0. The van der Waals surface area contributed by atoms with Crippen molar-refractivity contribution in [1.29, 1.82) is 0 Å². The molecule has 0 aromatic heterocycles. The zero-order valence-electron chi connectivity index (χ0n) is 6.59. The van der Waals surface area contributed by atoms with Crippen LogP contribution in [-0.4, -0.2) is 29.1 Å². The van der Waals surface area contributed by atoms with Crippen molar-refractivity contribution in [3.8, 4) is 0 Å². The molecule has 0 aliphatic carbocycles. The van der Waals surface area contributed by atoms with Crippen LogP contribution in [0.2, 0.25) is 0 Å². The third kappa shape index (κ3) is 2.14. The van der Waals surface area contributed by atoms with Gasteiger partial charge in [-0.3, -0.25) is 4.79 Å². The van der Waals surface area contributed by atoms with Gasteiger partial charge in [0.2, 0.25) is 9.44 Å². The van der Waals surface area contributed by atoms with E-state index in [4.69, 9.17) is 5.11 Å². The van der Waals surface area contributed by atoms with E-state index in [2.05, 4.69) is 5.32 Å². The summed E-state index contributed by atoms with van der Waals surface area (Å²) in [6.45, 7) is 0. The third-order valence-corrected chi connectivity index (χ3v) is 12.0. The fourth-order valence-electron chi connectivity index (χ4n) is 0.815. The zero-order chi connectivity index (χ0) is 9.81. The van der Waals surface area contributed by atoms with Gasteiger partial charge >= 0.3 is 0 Å². The summed E-state index contributed by atoms with van der Waals surface area (Å²) < 4.78 is 0.330. The highest BCUT2D eigenvalue weighted by molar-refractivity contribution is 8.99. The Balaban J connectivity index is 0.0000000950. The minimum atomic E-state index is -0.0486. The van der Waals surface area contributed by atoms with E-state index in [9.17, 15) is 4.79 Å². The predicted octanol–water partition coefficient (Wildman–Crippen LogP) is 1.96. The molecule has 4 aliphatic heterocycles. The van der Waals surface area contributed by atoms with E-state index in [0.29, 0.717) is 5.75 Å². The zero-order valence-corrected chi connectivity index (χ0v) is 11.5. The van der Waals surface area contributed by atoms with Crippen LogP contribution in [0.25, 0.3) is 0 Å². The fraction of sp³-hybridized carbons (Fsp3) is 0.800. The van der Waals surface area contributed by atoms with E-state index in [-0.39, 0.29) is 18.3 Å². The summed E-state index contributed by atoms with van der Waals surface area (Å²) in [4.78, 5) is 10.5. The lowest BCUT2D eigenvalue weighted by molar-refractivity contribution is -0.117. The normalized spacial score (nSPS) is 37.5. The second kappa shape index (κ2) is 3.51.